The molecule has 2 N–H and O–H groups in total. The van der Waals surface area contributed by atoms with Crippen LogP contribution in [0.25, 0.3) is 6.08 Å². The summed E-state index contributed by atoms with van der Waals surface area (Å²) < 4.78 is 0. The van der Waals surface area contributed by atoms with E-state index in [4.69, 9.17) is 5.11 Å². The molecule has 0 fully saturated rings. The van der Waals surface area contributed by atoms with Crippen LogP contribution >= 0.6 is 11.3 Å². The number of benzene rings is 1. The van der Waals surface area contributed by atoms with Crippen LogP contribution in [0.5, 0.6) is 0 Å². The van der Waals surface area contributed by atoms with E-state index in [1.807, 2.05) is 12.3 Å². The number of nitrogens with one attached hydrogen (secondary N) is 1. The number of carboxylic acid groups (broad SMARTS) is 1. The molecule has 0 saturated carbocycles. The lowest BCUT2D eigenvalue weighted by Gasteiger charge is -2.07. The summed E-state index contributed by atoms with van der Waals surface area (Å²) in [5.41, 5.74) is 2.22. The van der Waals surface area contributed by atoms with Crippen molar-refractivity contribution in [1.29, 1.82) is 0 Å². The highest BCUT2D eigenvalue weighted by atomic mass is 32.1. The maximum atomic E-state index is 11.8. The average molecular weight is 302 g/mol. The Kier molecular flexibility index (Phi) is 4.49. The van der Waals surface area contributed by atoms with Crippen LogP contribution < -0.4 is 5.32 Å². The van der Waals surface area contributed by atoms with E-state index in [9.17, 15) is 9.59 Å². The number of thiazole rings is 1. The minimum absolute atomic E-state index is 0.194. The van der Waals surface area contributed by atoms with Crippen LogP contribution in [0.2, 0.25) is 0 Å². The molecule has 0 aliphatic heterocycles. The molecular weight excluding hydrogens is 288 g/mol. The molecule has 1 heterocycles. The second-order valence-corrected chi connectivity index (χ2v) is 5.51. The Morgan fingerprint density at radius 2 is 2.10 bits per heavy atom. The number of aryl methyl sites for hydroxylation is 2. The molecule has 0 bridgehead atoms. The zero-order valence-electron chi connectivity index (χ0n) is 11.6. The Hall–Kier alpha value is -2.47. The molecule has 1 aromatic carbocycles. The van der Waals surface area contributed by atoms with Crippen LogP contribution in [0.4, 0.5) is 5.69 Å². The number of aromatic carboxylic acids is 1. The SMILES string of the molecule is Cc1nc(/C=C/C(=O)Nc2ccc(C(=O)O)cc2C)cs1. The first-order valence-corrected chi connectivity index (χ1v) is 7.09. The number of aromatic nitrogens is 1. The van der Waals surface area contributed by atoms with Gasteiger partial charge in [0.2, 0.25) is 5.91 Å². The van der Waals surface area contributed by atoms with Gasteiger partial charge in [-0.2, -0.15) is 0 Å². The van der Waals surface area contributed by atoms with E-state index >= 15 is 0 Å². The first kappa shape index (κ1) is 14.9. The molecule has 2 rings (SSSR count). The third kappa shape index (κ3) is 4.00. The van der Waals surface area contributed by atoms with Crippen LogP contribution in [-0.2, 0) is 4.79 Å². The molecule has 0 radical (unpaired) electrons. The number of hydrogen-bond acceptors (Lipinski definition) is 4. The third-order valence-electron chi connectivity index (χ3n) is 2.77. The van der Waals surface area contributed by atoms with E-state index in [1.165, 1.54) is 29.5 Å². The molecule has 5 nitrogen and oxygen atoms in total. The van der Waals surface area contributed by atoms with E-state index in [0.717, 1.165) is 10.7 Å². The van der Waals surface area contributed by atoms with Crippen molar-refractivity contribution < 1.29 is 14.7 Å². The minimum atomic E-state index is -0.991. The number of rotatable bonds is 4. The molecular formula is C15H14N2O3S. The summed E-state index contributed by atoms with van der Waals surface area (Å²) in [6.07, 6.45) is 3.04. The zero-order valence-corrected chi connectivity index (χ0v) is 12.4. The fourth-order valence-corrected chi connectivity index (χ4v) is 2.31. The predicted octanol–water partition coefficient (Wildman–Crippen LogP) is 3.11. The lowest BCUT2D eigenvalue weighted by atomic mass is 10.1. The molecule has 1 amide bonds. The van der Waals surface area contributed by atoms with Crippen molar-refractivity contribution in [1.82, 2.24) is 4.98 Å². The molecule has 2 aromatic rings. The van der Waals surface area contributed by atoms with Gasteiger partial charge in [0, 0.05) is 17.1 Å². The molecule has 0 unspecified atom stereocenters. The summed E-state index contributed by atoms with van der Waals surface area (Å²) >= 11 is 1.52. The fourth-order valence-electron chi connectivity index (χ4n) is 1.73. The number of carbonyl (C=O) groups excluding carboxylic acids is 1. The van der Waals surface area contributed by atoms with Gasteiger partial charge in [-0.1, -0.05) is 0 Å². The average Bonchev–Trinajstić information content (AvgIpc) is 2.84. The Morgan fingerprint density at radius 1 is 1.33 bits per heavy atom. The molecule has 0 aliphatic rings. The van der Waals surface area contributed by atoms with Crippen LogP contribution in [0.3, 0.4) is 0 Å². The number of carboxylic acids is 1. The maximum Gasteiger partial charge on any atom is 0.335 e. The van der Waals surface area contributed by atoms with Crippen molar-refractivity contribution in [2.75, 3.05) is 5.32 Å². The maximum absolute atomic E-state index is 11.8. The highest BCUT2D eigenvalue weighted by molar-refractivity contribution is 7.09. The summed E-state index contributed by atoms with van der Waals surface area (Å²) in [5, 5.41) is 14.4. The van der Waals surface area contributed by atoms with Crippen LogP contribution in [0.1, 0.15) is 26.6 Å². The number of hydrogen-bond donors (Lipinski definition) is 2. The van der Waals surface area contributed by atoms with E-state index in [0.29, 0.717) is 11.3 Å². The first-order valence-electron chi connectivity index (χ1n) is 6.21. The van der Waals surface area contributed by atoms with Crippen LogP contribution in [0.15, 0.2) is 29.7 Å². The molecule has 1 aromatic heterocycles. The van der Waals surface area contributed by atoms with E-state index in [-0.39, 0.29) is 11.5 Å². The highest BCUT2D eigenvalue weighted by Crippen LogP contribution is 2.17. The summed E-state index contributed by atoms with van der Waals surface area (Å²) in [6, 6.07) is 4.56. The van der Waals surface area contributed by atoms with Crippen LogP contribution in [0, 0.1) is 13.8 Å². The molecule has 21 heavy (non-hydrogen) atoms. The second kappa shape index (κ2) is 6.32. The molecule has 0 atom stereocenters. The van der Waals surface area contributed by atoms with E-state index in [1.54, 1.807) is 19.1 Å². The molecule has 6 heteroatoms. The van der Waals surface area contributed by atoms with Crippen molar-refractivity contribution >= 4 is 35.0 Å². The van der Waals surface area contributed by atoms with Gasteiger partial charge in [-0.25, -0.2) is 9.78 Å². The molecule has 0 aliphatic carbocycles. The molecule has 0 spiro atoms. The van der Waals surface area contributed by atoms with Gasteiger partial charge in [0.25, 0.3) is 0 Å². The van der Waals surface area contributed by atoms with Gasteiger partial charge >= 0.3 is 5.97 Å². The lowest BCUT2D eigenvalue weighted by Crippen LogP contribution is -2.09. The van der Waals surface area contributed by atoms with Gasteiger partial charge in [-0.3, -0.25) is 4.79 Å². The van der Waals surface area contributed by atoms with Gasteiger partial charge in [-0.15, -0.1) is 11.3 Å². The zero-order chi connectivity index (χ0) is 15.4. The first-order chi connectivity index (χ1) is 9.95. The lowest BCUT2D eigenvalue weighted by molar-refractivity contribution is -0.111. The van der Waals surface area contributed by atoms with Crippen molar-refractivity contribution in [3.8, 4) is 0 Å². The molecule has 0 saturated heterocycles. The predicted molar refractivity (Wildman–Crippen MR) is 82.7 cm³/mol. The number of amides is 1. The van der Waals surface area contributed by atoms with Crippen molar-refractivity contribution in [2.45, 2.75) is 13.8 Å². The quantitative estimate of drug-likeness (QED) is 0.850. The van der Waals surface area contributed by atoms with Crippen molar-refractivity contribution in [3.05, 3.63) is 51.5 Å². The smallest absolute Gasteiger partial charge is 0.335 e. The van der Waals surface area contributed by atoms with Gasteiger partial charge in [-0.05, 0) is 43.7 Å². The summed E-state index contributed by atoms with van der Waals surface area (Å²) in [6.45, 7) is 3.64. The largest absolute Gasteiger partial charge is 0.478 e. The number of carbonyl (C=O) groups is 2. The summed E-state index contributed by atoms with van der Waals surface area (Å²) in [5.74, 6) is -1.28. The van der Waals surface area contributed by atoms with Gasteiger partial charge < -0.3 is 10.4 Å². The third-order valence-corrected chi connectivity index (χ3v) is 3.57. The summed E-state index contributed by atoms with van der Waals surface area (Å²) in [7, 11) is 0. The van der Waals surface area contributed by atoms with Crippen LogP contribution in [-0.4, -0.2) is 22.0 Å². The topological polar surface area (TPSA) is 79.3 Å². The minimum Gasteiger partial charge on any atom is -0.478 e. The number of anilines is 1. The second-order valence-electron chi connectivity index (χ2n) is 4.45. The Labute approximate surface area is 126 Å². The fraction of sp³-hybridized carbons (Fsp3) is 0.133. The standard InChI is InChI=1S/C15H14N2O3S/c1-9-7-11(15(19)20)3-5-13(9)17-14(18)6-4-12-8-21-10(2)16-12/h3-8H,1-2H3,(H,17,18)(H,19,20)/b6-4+. The van der Waals surface area contributed by atoms with Gasteiger partial charge in [0.1, 0.15) is 0 Å². The van der Waals surface area contributed by atoms with Crippen molar-refractivity contribution in [3.63, 3.8) is 0 Å². The monoisotopic (exact) mass is 302 g/mol. The Bertz CT molecular complexity index is 719. The van der Waals surface area contributed by atoms with Crippen molar-refractivity contribution in [2.24, 2.45) is 0 Å². The highest BCUT2D eigenvalue weighted by Gasteiger charge is 2.07. The normalized spacial score (nSPS) is 10.8. The molecule has 108 valence electrons. The number of nitrogens with zero attached hydrogens (tertiary/aromatic N) is 1. The van der Waals surface area contributed by atoms with Gasteiger partial charge in [0.05, 0.1) is 16.3 Å². The van der Waals surface area contributed by atoms with E-state index in [2.05, 4.69) is 10.3 Å². The van der Waals surface area contributed by atoms with E-state index < -0.39 is 5.97 Å². The Balaban J connectivity index is 2.06. The van der Waals surface area contributed by atoms with Gasteiger partial charge in [0.15, 0.2) is 0 Å². The Morgan fingerprint density at radius 3 is 2.67 bits per heavy atom. The summed E-state index contributed by atoms with van der Waals surface area (Å²) in [4.78, 5) is 26.9.